The Balaban J connectivity index is 2.41. The van der Waals surface area contributed by atoms with Crippen LogP contribution in [0.3, 0.4) is 0 Å². The van der Waals surface area contributed by atoms with Gasteiger partial charge in [-0.1, -0.05) is 6.08 Å². The normalized spacial score (nSPS) is 15.3. The number of aromatic nitrogens is 1. The summed E-state index contributed by atoms with van der Waals surface area (Å²) in [5.41, 5.74) is 27.2. The second-order valence-electron chi connectivity index (χ2n) is 9.80. The van der Waals surface area contributed by atoms with E-state index in [4.69, 9.17) is 25.8 Å². The molecule has 1 aliphatic rings. The lowest BCUT2D eigenvalue weighted by atomic mass is 9.82. The highest BCUT2D eigenvalue weighted by atomic mass is 127. The van der Waals surface area contributed by atoms with Gasteiger partial charge in [0.25, 0.3) is 0 Å². The molecule has 7 N–H and O–H groups in total. The number of pyridine rings is 1. The predicted molar refractivity (Wildman–Crippen MR) is 204 cm³/mol. The number of benzene rings is 1. The predicted octanol–water partition coefficient (Wildman–Crippen LogP) is 5.44. The fraction of sp³-hybridized carbons (Fsp3) is 0.212. The molecule has 0 aliphatic carbocycles. The fourth-order valence-corrected chi connectivity index (χ4v) is 7.50. The van der Waals surface area contributed by atoms with E-state index in [1.165, 1.54) is 31.6 Å². The third-order valence-electron chi connectivity index (χ3n) is 7.03. The van der Waals surface area contributed by atoms with Crippen LogP contribution >= 0.6 is 21.0 Å². The van der Waals surface area contributed by atoms with Gasteiger partial charge in [0.1, 0.15) is 18.5 Å². The average molecular weight is 731 g/mol. The molecule has 0 unspecified atom stereocenters. The van der Waals surface area contributed by atoms with Crippen molar-refractivity contribution in [3.8, 4) is 11.1 Å². The fourth-order valence-electron chi connectivity index (χ4n) is 5.11. The number of halogens is 1. The Kier molecular flexibility index (Phi) is 13.4. The van der Waals surface area contributed by atoms with Crippen molar-refractivity contribution in [1.29, 1.82) is 5.41 Å². The van der Waals surface area contributed by atoms with Crippen molar-refractivity contribution in [3.63, 3.8) is 0 Å². The minimum atomic E-state index is -0.708. The van der Waals surface area contributed by atoms with Crippen molar-refractivity contribution in [1.82, 2.24) is 4.98 Å². The highest BCUT2D eigenvalue weighted by Crippen LogP contribution is 2.44. The molecule has 1 aliphatic heterocycles. The third kappa shape index (κ3) is 8.35. The number of allylic oxidation sites excluding steroid dienone is 2. The summed E-state index contributed by atoms with van der Waals surface area (Å²) in [5.74, 6) is 0.768. The minimum absolute atomic E-state index is 0.307. The number of rotatable bonds is 11. The number of aliphatic imine (C=N–C) groups is 6. The number of nitrogens with two attached hydrogens (primary N) is 3. The van der Waals surface area contributed by atoms with Crippen LogP contribution in [0.15, 0.2) is 87.1 Å². The highest BCUT2D eigenvalue weighted by molar-refractivity contribution is 14.2. The molecule has 0 radical (unpaired) electrons. The summed E-state index contributed by atoms with van der Waals surface area (Å²) >= 11 is -0.708. The monoisotopic (exact) mass is 730 g/mol. The molecule has 0 saturated heterocycles. The Bertz CT molecular complexity index is 1820. The van der Waals surface area contributed by atoms with Crippen LogP contribution in [0.4, 0.5) is 0 Å². The molecular weight excluding hydrogens is 691 g/mol. The van der Waals surface area contributed by atoms with Gasteiger partial charge in [0.15, 0.2) is 5.84 Å². The molecule has 13 heteroatoms. The van der Waals surface area contributed by atoms with Crippen LogP contribution in [0.5, 0.6) is 0 Å². The zero-order valence-corrected chi connectivity index (χ0v) is 29.0. The molecule has 2 heterocycles. The first-order valence-corrected chi connectivity index (χ1v) is 16.2. The molecule has 0 fully saturated rings. The summed E-state index contributed by atoms with van der Waals surface area (Å²) in [6.45, 7) is 8.59. The topological polar surface area (TPSA) is 201 Å². The van der Waals surface area contributed by atoms with Crippen molar-refractivity contribution in [2.45, 2.75) is 27.7 Å². The average Bonchev–Trinajstić information content (AvgIpc) is 3.06. The van der Waals surface area contributed by atoms with Crippen LogP contribution < -0.4 is 17.2 Å². The molecule has 0 saturated carbocycles. The molecule has 3 rings (SSSR count). The van der Waals surface area contributed by atoms with Crippen molar-refractivity contribution in [2.75, 3.05) is 20.6 Å². The molecule has 0 spiro atoms. The molecular formula is C33H39IN12. The lowest BCUT2D eigenvalue weighted by Crippen LogP contribution is -2.14. The molecule has 238 valence electrons. The summed E-state index contributed by atoms with van der Waals surface area (Å²) in [5, 5.41) is 8.55. The summed E-state index contributed by atoms with van der Waals surface area (Å²) in [7, 11) is 3.29. The smallest absolute Gasteiger partial charge is 0.155 e. The van der Waals surface area contributed by atoms with E-state index in [0.717, 1.165) is 53.7 Å². The second kappa shape index (κ2) is 17.4. The van der Waals surface area contributed by atoms with Crippen LogP contribution in [-0.2, 0) is 0 Å². The van der Waals surface area contributed by atoms with Gasteiger partial charge in [-0.15, -0.1) is 0 Å². The van der Waals surface area contributed by atoms with Crippen LogP contribution in [0.25, 0.3) is 20.3 Å². The van der Waals surface area contributed by atoms with E-state index in [2.05, 4.69) is 61.8 Å². The Morgan fingerprint density at radius 3 is 2.43 bits per heavy atom. The van der Waals surface area contributed by atoms with E-state index in [0.29, 0.717) is 29.4 Å². The summed E-state index contributed by atoms with van der Waals surface area (Å²) < 4.78 is 5.91. The molecule has 1 aromatic heterocycles. The van der Waals surface area contributed by atoms with Gasteiger partial charge in [0, 0.05) is 85.8 Å². The Morgan fingerprint density at radius 1 is 1.02 bits per heavy atom. The number of amidine groups is 2. The maximum atomic E-state index is 8.55. The van der Waals surface area contributed by atoms with E-state index in [1.807, 2.05) is 37.5 Å². The summed E-state index contributed by atoms with van der Waals surface area (Å²) in [6, 6.07) is 1.98. The Morgan fingerprint density at radius 2 is 1.78 bits per heavy atom. The summed E-state index contributed by atoms with van der Waals surface area (Å²) in [6.07, 6.45) is 18.0. The minimum Gasteiger partial charge on any atom is -0.390 e. The van der Waals surface area contributed by atoms with Crippen LogP contribution in [0.2, 0.25) is 0 Å². The van der Waals surface area contributed by atoms with E-state index < -0.39 is 21.0 Å². The van der Waals surface area contributed by atoms with Crippen molar-refractivity contribution < 1.29 is 0 Å². The van der Waals surface area contributed by atoms with E-state index >= 15 is 0 Å². The van der Waals surface area contributed by atoms with Crippen LogP contribution in [-0.4, -0.2) is 68.9 Å². The zero-order chi connectivity index (χ0) is 33.6. The van der Waals surface area contributed by atoms with Gasteiger partial charge in [-0.25, -0.2) is 18.1 Å². The van der Waals surface area contributed by atoms with E-state index in [9.17, 15) is 0 Å². The number of nitrogens with one attached hydrogen (secondary N) is 1. The molecule has 2 aromatic rings. The molecule has 0 amide bonds. The molecule has 46 heavy (non-hydrogen) atoms. The van der Waals surface area contributed by atoms with Crippen molar-refractivity contribution in [2.24, 2.45) is 50.3 Å². The second-order valence-corrected chi connectivity index (χ2v) is 12.0. The number of hydrogen-bond donors (Lipinski definition) is 4. The van der Waals surface area contributed by atoms with Gasteiger partial charge in [0.05, 0.1) is 19.2 Å². The first-order chi connectivity index (χ1) is 22.3. The first kappa shape index (κ1) is 35.4. The SMILES string of the molecule is C/C=C(\C=C(/C=N)c1c(C)c(C2=CC(CN=CN=CN)=CN=I2)c(C)c(-c2cncc(C(N)=NC=NC)c2)c1C)C(N=CN)=NC. The largest absolute Gasteiger partial charge is 0.390 e. The lowest BCUT2D eigenvalue weighted by molar-refractivity contribution is 1.17. The van der Waals surface area contributed by atoms with Gasteiger partial charge in [-0.05, 0) is 84.9 Å². The van der Waals surface area contributed by atoms with Gasteiger partial charge in [-0.3, -0.25) is 20.0 Å². The molecule has 0 bridgehead atoms. The Hall–Kier alpha value is -5.05. The van der Waals surface area contributed by atoms with Gasteiger partial charge in [-0.2, -0.15) is 0 Å². The third-order valence-corrected chi connectivity index (χ3v) is 8.96. The molecule has 0 atom stereocenters. The standard InChI is InChI=1S/C33H39IN12/c1-7-24(33(40-6)44-17-37)9-25(11-35)29-20(2)30(26-10-27(15-41-14-26)32(38)45-18-39-5)22(4)31(21(29)3)28-8-23(13-46-34-28)12-42-19-43-16-36/h7-11,13-19,35H,12H2,1-6H3,(H2,36,42,43)(H2,37,40,44)(H2,38,39,45)/b24-7+,25-9+,35-11?. The quantitative estimate of drug-likeness (QED) is 0.103. The van der Waals surface area contributed by atoms with Crippen molar-refractivity contribution in [3.05, 3.63) is 87.4 Å². The summed E-state index contributed by atoms with van der Waals surface area (Å²) in [4.78, 5) is 29.4. The number of hydrogen-bond acceptors (Lipinski definition) is 6. The van der Waals surface area contributed by atoms with Gasteiger partial charge < -0.3 is 22.6 Å². The van der Waals surface area contributed by atoms with Crippen molar-refractivity contribution >= 4 is 73.4 Å². The maximum absolute atomic E-state index is 8.55. The Labute approximate surface area is 280 Å². The van der Waals surface area contributed by atoms with Gasteiger partial charge >= 0.3 is 0 Å². The van der Waals surface area contributed by atoms with Crippen LogP contribution in [0, 0.1) is 26.2 Å². The van der Waals surface area contributed by atoms with E-state index in [-0.39, 0.29) is 0 Å². The number of nitrogens with zero attached hydrogens (tertiary/aromatic N) is 8. The maximum Gasteiger partial charge on any atom is 0.155 e. The molecule has 1 aromatic carbocycles. The highest BCUT2D eigenvalue weighted by Gasteiger charge is 2.23. The van der Waals surface area contributed by atoms with Crippen LogP contribution in [0.1, 0.15) is 40.3 Å². The lowest BCUT2D eigenvalue weighted by Gasteiger charge is -2.24. The molecule has 12 nitrogen and oxygen atoms in total. The van der Waals surface area contributed by atoms with E-state index in [1.54, 1.807) is 20.3 Å². The first-order valence-electron chi connectivity index (χ1n) is 14.2. The zero-order valence-electron chi connectivity index (χ0n) is 26.8. The van der Waals surface area contributed by atoms with Gasteiger partial charge in [0.2, 0.25) is 0 Å².